The Bertz CT molecular complexity index is 1420. The number of rotatable bonds is 7. The van der Waals surface area contributed by atoms with Gasteiger partial charge >= 0.3 is 5.97 Å². The van der Waals surface area contributed by atoms with E-state index >= 15 is 0 Å². The van der Waals surface area contributed by atoms with Crippen LogP contribution < -0.4 is 0 Å². The summed E-state index contributed by atoms with van der Waals surface area (Å²) in [6, 6.07) is 13.0. The van der Waals surface area contributed by atoms with Crippen molar-refractivity contribution in [1.29, 1.82) is 0 Å². The second-order valence-electron chi connectivity index (χ2n) is 8.44. The van der Waals surface area contributed by atoms with Gasteiger partial charge in [0.2, 0.25) is 5.91 Å². The summed E-state index contributed by atoms with van der Waals surface area (Å²) >= 11 is 7.11. The SMILES string of the molecule is COC(=O)[C@H]1CN(S(=O)(=O)c2cc3ccc(Cl)cc3s2)CC(=O)N1Cc1ccc(C=NN(C)C)cc1. The van der Waals surface area contributed by atoms with Gasteiger partial charge in [-0.25, -0.2) is 13.2 Å². The monoisotopic (exact) mass is 548 g/mol. The topological polar surface area (TPSA) is 99.6 Å². The van der Waals surface area contributed by atoms with E-state index in [1.165, 1.54) is 12.0 Å². The molecule has 12 heteroatoms. The van der Waals surface area contributed by atoms with Crippen LogP contribution in [0.2, 0.25) is 5.02 Å². The zero-order valence-electron chi connectivity index (χ0n) is 19.9. The maximum atomic E-state index is 13.4. The number of esters is 1. The number of benzene rings is 2. The molecule has 36 heavy (non-hydrogen) atoms. The molecular formula is C24H25ClN4O5S2. The molecule has 2 heterocycles. The molecule has 1 atom stereocenters. The van der Waals surface area contributed by atoms with Gasteiger partial charge in [-0.15, -0.1) is 11.3 Å². The Morgan fingerprint density at radius 2 is 1.94 bits per heavy atom. The predicted molar refractivity (Wildman–Crippen MR) is 140 cm³/mol. The summed E-state index contributed by atoms with van der Waals surface area (Å²) in [6.07, 6.45) is 1.71. The van der Waals surface area contributed by atoms with Crippen LogP contribution in [0.3, 0.4) is 0 Å². The maximum absolute atomic E-state index is 13.4. The highest BCUT2D eigenvalue weighted by atomic mass is 35.5. The lowest BCUT2D eigenvalue weighted by Crippen LogP contribution is -2.60. The molecule has 0 radical (unpaired) electrons. The zero-order chi connectivity index (χ0) is 26.0. The van der Waals surface area contributed by atoms with Gasteiger partial charge in [-0.3, -0.25) is 4.79 Å². The molecule has 1 fully saturated rings. The van der Waals surface area contributed by atoms with Crippen LogP contribution in [0, 0.1) is 0 Å². The number of thiophene rings is 1. The number of carbonyl (C=O) groups excluding carboxylic acids is 2. The fraction of sp³-hybridized carbons (Fsp3) is 0.292. The van der Waals surface area contributed by atoms with E-state index in [2.05, 4.69) is 5.10 Å². The maximum Gasteiger partial charge on any atom is 0.329 e. The van der Waals surface area contributed by atoms with Gasteiger partial charge in [0.15, 0.2) is 0 Å². The first-order valence-corrected chi connectivity index (χ1v) is 13.6. The third-order valence-corrected chi connectivity index (χ3v) is 9.28. The lowest BCUT2D eigenvalue weighted by Gasteiger charge is -2.38. The fourth-order valence-corrected chi connectivity index (χ4v) is 7.04. The van der Waals surface area contributed by atoms with Crippen molar-refractivity contribution < 1.29 is 22.7 Å². The molecule has 1 aliphatic rings. The first-order valence-electron chi connectivity index (χ1n) is 11.0. The van der Waals surface area contributed by atoms with E-state index in [4.69, 9.17) is 16.3 Å². The molecule has 9 nitrogen and oxygen atoms in total. The Morgan fingerprint density at radius 3 is 2.61 bits per heavy atom. The van der Waals surface area contributed by atoms with Gasteiger partial charge in [0.1, 0.15) is 10.3 Å². The molecule has 1 amide bonds. The van der Waals surface area contributed by atoms with Gasteiger partial charge < -0.3 is 14.6 Å². The van der Waals surface area contributed by atoms with Gasteiger partial charge in [0, 0.05) is 36.9 Å². The van der Waals surface area contributed by atoms with Crippen molar-refractivity contribution in [3.05, 3.63) is 64.7 Å². The summed E-state index contributed by atoms with van der Waals surface area (Å²) in [5, 5.41) is 7.10. The van der Waals surface area contributed by atoms with Crippen LogP contribution in [-0.2, 0) is 30.9 Å². The molecule has 0 aliphatic carbocycles. The third-order valence-electron chi connectivity index (χ3n) is 5.68. The number of ether oxygens (including phenoxy) is 1. The Labute approximate surface area is 218 Å². The normalized spacial score (nSPS) is 17.2. The number of hydrazone groups is 1. The van der Waals surface area contributed by atoms with E-state index < -0.39 is 27.9 Å². The number of fused-ring (bicyclic) bond motifs is 1. The number of carbonyl (C=O) groups is 2. The van der Waals surface area contributed by atoms with Crippen molar-refractivity contribution >= 4 is 61.1 Å². The standard InChI is InChI=1S/C24H25ClN4O5S2/c1-27(2)26-12-16-4-6-17(7-5-16)13-29-20(24(31)34-3)14-28(15-22(29)30)36(32,33)23-10-18-8-9-19(25)11-21(18)35-23/h4-12,20H,13-15H2,1-3H3/t20-/m1/s1. The van der Waals surface area contributed by atoms with Crippen LogP contribution in [0.5, 0.6) is 0 Å². The van der Waals surface area contributed by atoms with E-state index in [9.17, 15) is 18.0 Å². The number of halogens is 1. The fourth-order valence-electron chi connectivity index (χ4n) is 3.81. The van der Waals surface area contributed by atoms with Crippen molar-refractivity contribution in [2.75, 3.05) is 34.3 Å². The first kappa shape index (κ1) is 26.1. The Balaban J connectivity index is 1.57. The molecule has 1 aliphatic heterocycles. The molecule has 3 aromatic rings. The zero-order valence-corrected chi connectivity index (χ0v) is 22.3. The van der Waals surface area contributed by atoms with E-state index in [1.807, 2.05) is 38.4 Å². The van der Waals surface area contributed by atoms with E-state index in [1.54, 1.807) is 35.5 Å². The molecule has 4 rings (SSSR count). The number of sulfonamides is 1. The Hall–Kier alpha value is -2.99. The molecule has 0 spiro atoms. The number of hydrogen-bond donors (Lipinski definition) is 0. The number of piperazine rings is 1. The predicted octanol–water partition coefficient (Wildman–Crippen LogP) is 3.02. The van der Waals surface area contributed by atoms with Crippen LogP contribution >= 0.6 is 22.9 Å². The summed E-state index contributed by atoms with van der Waals surface area (Å²) in [4.78, 5) is 27.1. The van der Waals surface area contributed by atoms with Gasteiger partial charge in [-0.2, -0.15) is 9.41 Å². The lowest BCUT2D eigenvalue weighted by molar-refractivity contribution is -0.157. The highest BCUT2D eigenvalue weighted by molar-refractivity contribution is 7.91. The van der Waals surface area contributed by atoms with E-state index in [-0.39, 0.29) is 23.8 Å². The molecule has 2 aromatic carbocycles. The number of hydrogen-bond acceptors (Lipinski definition) is 8. The van der Waals surface area contributed by atoms with Crippen LogP contribution in [0.15, 0.2) is 57.8 Å². The van der Waals surface area contributed by atoms with Crippen molar-refractivity contribution in [3.8, 4) is 0 Å². The minimum atomic E-state index is -4.02. The first-order chi connectivity index (χ1) is 17.1. The Kier molecular flexibility index (Phi) is 7.65. The van der Waals surface area contributed by atoms with Gasteiger partial charge in [0.05, 0.1) is 19.9 Å². The molecule has 1 saturated heterocycles. The minimum absolute atomic E-state index is 0.0830. The summed E-state index contributed by atoms with van der Waals surface area (Å²) in [5.74, 6) is -1.16. The summed E-state index contributed by atoms with van der Waals surface area (Å²) < 4.78 is 33.6. The van der Waals surface area contributed by atoms with E-state index in [0.717, 1.165) is 36.9 Å². The average Bonchev–Trinajstić information content (AvgIpc) is 3.28. The van der Waals surface area contributed by atoms with Crippen LogP contribution in [0.4, 0.5) is 0 Å². The molecule has 0 bridgehead atoms. The van der Waals surface area contributed by atoms with Gasteiger partial charge in [-0.05, 0) is 34.7 Å². The van der Waals surface area contributed by atoms with Gasteiger partial charge in [-0.1, -0.05) is 41.9 Å². The van der Waals surface area contributed by atoms with Crippen molar-refractivity contribution in [2.24, 2.45) is 5.10 Å². The summed E-state index contributed by atoms with van der Waals surface area (Å²) in [7, 11) is 0.829. The highest BCUT2D eigenvalue weighted by Crippen LogP contribution is 2.33. The highest BCUT2D eigenvalue weighted by Gasteiger charge is 2.42. The summed E-state index contributed by atoms with van der Waals surface area (Å²) in [6.45, 7) is -0.444. The largest absolute Gasteiger partial charge is 0.467 e. The quantitative estimate of drug-likeness (QED) is 0.256. The average molecular weight is 549 g/mol. The molecule has 0 saturated carbocycles. The molecular weight excluding hydrogens is 524 g/mol. The van der Waals surface area contributed by atoms with Crippen LogP contribution in [-0.4, -0.2) is 81.1 Å². The molecule has 0 unspecified atom stereocenters. The number of amides is 1. The summed E-state index contributed by atoms with van der Waals surface area (Å²) in [5.41, 5.74) is 1.67. The third kappa shape index (κ3) is 5.54. The molecule has 0 N–H and O–H groups in total. The molecule has 1 aromatic heterocycles. The number of nitrogens with zero attached hydrogens (tertiary/aromatic N) is 4. The van der Waals surface area contributed by atoms with Crippen molar-refractivity contribution in [1.82, 2.24) is 14.2 Å². The van der Waals surface area contributed by atoms with Crippen molar-refractivity contribution in [2.45, 2.75) is 16.8 Å². The van der Waals surface area contributed by atoms with Crippen LogP contribution in [0.1, 0.15) is 11.1 Å². The number of methoxy groups -OCH3 is 1. The minimum Gasteiger partial charge on any atom is -0.467 e. The lowest BCUT2D eigenvalue weighted by atomic mass is 10.1. The van der Waals surface area contributed by atoms with Crippen molar-refractivity contribution in [3.63, 3.8) is 0 Å². The Morgan fingerprint density at radius 1 is 1.22 bits per heavy atom. The van der Waals surface area contributed by atoms with E-state index in [0.29, 0.717) is 5.02 Å². The second kappa shape index (κ2) is 10.6. The molecule has 190 valence electrons. The second-order valence-corrected chi connectivity index (χ2v) is 12.1. The van der Waals surface area contributed by atoms with Gasteiger partial charge in [0.25, 0.3) is 10.0 Å². The smallest absolute Gasteiger partial charge is 0.329 e. The van der Waals surface area contributed by atoms with Crippen LogP contribution in [0.25, 0.3) is 10.1 Å².